The molecule has 2 saturated heterocycles. The van der Waals surface area contributed by atoms with E-state index in [9.17, 15) is 14.7 Å². The predicted octanol–water partition coefficient (Wildman–Crippen LogP) is 2.10. The second-order valence-electron chi connectivity index (χ2n) is 7.43. The Hall–Kier alpha value is -1.10. The number of carbonyl (C=O) groups excluding carboxylic acids is 1. The lowest BCUT2D eigenvalue weighted by atomic mass is 9.84. The van der Waals surface area contributed by atoms with Gasteiger partial charge in [0.25, 0.3) is 0 Å². The molecule has 1 saturated carbocycles. The third kappa shape index (κ3) is 2.64. The normalized spacial score (nSPS) is 36.7. The summed E-state index contributed by atoms with van der Waals surface area (Å²) in [7, 11) is 0. The molecule has 0 bridgehead atoms. The Kier molecular flexibility index (Phi) is 4.44. The minimum atomic E-state index is -0.746. The van der Waals surface area contributed by atoms with Crippen molar-refractivity contribution in [2.45, 2.75) is 83.0 Å². The van der Waals surface area contributed by atoms with Crippen molar-refractivity contribution in [2.75, 3.05) is 6.54 Å². The van der Waals surface area contributed by atoms with Crippen LogP contribution >= 0.6 is 0 Å². The molecule has 22 heavy (non-hydrogen) atoms. The summed E-state index contributed by atoms with van der Waals surface area (Å²) in [4.78, 5) is 28.7. The molecule has 3 rings (SSSR count). The van der Waals surface area contributed by atoms with Gasteiger partial charge >= 0.3 is 5.97 Å². The number of rotatable bonds is 3. The number of likely N-dealkylation sites (tertiary alicyclic amines) is 2. The van der Waals surface area contributed by atoms with Crippen LogP contribution in [0.1, 0.15) is 58.8 Å². The van der Waals surface area contributed by atoms with E-state index in [0.717, 1.165) is 38.6 Å². The van der Waals surface area contributed by atoms with Crippen molar-refractivity contribution >= 4 is 11.9 Å². The Balaban J connectivity index is 1.86. The van der Waals surface area contributed by atoms with Gasteiger partial charge in [0.1, 0.15) is 6.04 Å². The largest absolute Gasteiger partial charge is 0.480 e. The molecule has 2 heterocycles. The van der Waals surface area contributed by atoms with Gasteiger partial charge in [-0.1, -0.05) is 12.8 Å². The van der Waals surface area contributed by atoms with Crippen LogP contribution in [0.3, 0.4) is 0 Å². The van der Waals surface area contributed by atoms with Gasteiger partial charge in [0.2, 0.25) is 5.91 Å². The van der Waals surface area contributed by atoms with Crippen molar-refractivity contribution in [3.8, 4) is 0 Å². The summed E-state index contributed by atoms with van der Waals surface area (Å²) >= 11 is 0. The van der Waals surface area contributed by atoms with Gasteiger partial charge in [-0.05, 0) is 51.9 Å². The molecule has 5 nitrogen and oxygen atoms in total. The molecule has 3 aliphatic rings. The fourth-order valence-corrected chi connectivity index (χ4v) is 4.84. The molecule has 4 atom stereocenters. The van der Waals surface area contributed by atoms with E-state index in [2.05, 4.69) is 4.90 Å². The van der Waals surface area contributed by atoms with Gasteiger partial charge in [-0.3, -0.25) is 14.5 Å². The standard InChI is InChI=1S/C17H28N2O3/c1-11(2)18-9-5-8-14(16(18)20)19-13-7-4-3-6-12(13)10-15(19)17(21)22/h11-15H,3-10H2,1-2H3,(H,21,22)/t12-,13+,14+,15+/m1/s1. The van der Waals surface area contributed by atoms with E-state index >= 15 is 0 Å². The number of fused-ring (bicyclic) bond motifs is 1. The van der Waals surface area contributed by atoms with E-state index < -0.39 is 12.0 Å². The van der Waals surface area contributed by atoms with Crippen molar-refractivity contribution in [3.05, 3.63) is 0 Å². The van der Waals surface area contributed by atoms with E-state index in [1.54, 1.807) is 0 Å². The first-order valence-electron chi connectivity index (χ1n) is 8.81. The number of piperidine rings is 1. The molecule has 1 amide bonds. The molecule has 124 valence electrons. The maximum absolute atomic E-state index is 12.9. The first kappa shape index (κ1) is 15.8. The molecule has 0 aromatic rings. The number of hydrogen-bond acceptors (Lipinski definition) is 3. The SMILES string of the molecule is CC(C)N1CCC[C@H](N2[C@H](C(=O)O)C[C@H]3CCCC[C@@H]32)C1=O. The lowest BCUT2D eigenvalue weighted by Gasteiger charge is -2.43. The average molecular weight is 308 g/mol. The number of carbonyl (C=O) groups is 2. The summed E-state index contributed by atoms with van der Waals surface area (Å²) in [6.45, 7) is 4.90. The Morgan fingerprint density at radius 1 is 1.18 bits per heavy atom. The van der Waals surface area contributed by atoms with Crippen molar-refractivity contribution in [2.24, 2.45) is 5.92 Å². The zero-order valence-electron chi connectivity index (χ0n) is 13.7. The molecule has 0 aromatic heterocycles. The molecule has 0 aromatic carbocycles. The van der Waals surface area contributed by atoms with Crippen molar-refractivity contribution in [1.29, 1.82) is 0 Å². The van der Waals surface area contributed by atoms with E-state index in [4.69, 9.17) is 0 Å². The second-order valence-corrected chi connectivity index (χ2v) is 7.43. The first-order chi connectivity index (χ1) is 10.5. The van der Waals surface area contributed by atoms with Gasteiger partial charge < -0.3 is 10.0 Å². The van der Waals surface area contributed by atoms with E-state index in [0.29, 0.717) is 12.0 Å². The van der Waals surface area contributed by atoms with Crippen LogP contribution in [0.5, 0.6) is 0 Å². The topological polar surface area (TPSA) is 60.9 Å². The number of hydrogen-bond donors (Lipinski definition) is 1. The fraction of sp³-hybridized carbons (Fsp3) is 0.882. The Labute approximate surface area is 132 Å². The monoisotopic (exact) mass is 308 g/mol. The van der Waals surface area contributed by atoms with Crippen LogP contribution in [0, 0.1) is 5.92 Å². The van der Waals surface area contributed by atoms with Crippen LogP contribution in [0.2, 0.25) is 0 Å². The number of amides is 1. The summed E-state index contributed by atoms with van der Waals surface area (Å²) < 4.78 is 0. The zero-order chi connectivity index (χ0) is 15.9. The minimum absolute atomic E-state index is 0.152. The summed E-state index contributed by atoms with van der Waals surface area (Å²) in [5.74, 6) is -0.125. The predicted molar refractivity (Wildman–Crippen MR) is 83.5 cm³/mol. The average Bonchev–Trinajstić information content (AvgIpc) is 2.87. The molecular weight excluding hydrogens is 280 g/mol. The lowest BCUT2D eigenvalue weighted by Crippen LogP contribution is -2.59. The van der Waals surface area contributed by atoms with Crippen LogP contribution in [-0.4, -0.2) is 57.5 Å². The minimum Gasteiger partial charge on any atom is -0.480 e. The molecular formula is C17H28N2O3. The smallest absolute Gasteiger partial charge is 0.320 e. The van der Waals surface area contributed by atoms with Crippen molar-refractivity contribution in [1.82, 2.24) is 9.80 Å². The maximum Gasteiger partial charge on any atom is 0.320 e. The summed E-state index contributed by atoms with van der Waals surface area (Å²) in [5.41, 5.74) is 0. The number of nitrogens with zero attached hydrogens (tertiary/aromatic N) is 2. The van der Waals surface area contributed by atoms with Gasteiger partial charge in [0.15, 0.2) is 0 Å². The van der Waals surface area contributed by atoms with Gasteiger partial charge in [-0.25, -0.2) is 0 Å². The number of carboxylic acids is 1. The van der Waals surface area contributed by atoms with E-state index in [1.807, 2.05) is 18.7 Å². The summed E-state index contributed by atoms with van der Waals surface area (Å²) in [6.07, 6.45) is 7.08. The van der Waals surface area contributed by atoms with Gasteiger partial charge in [-0.15, -0.1) is 0 Å². The van der Waals surface area contributed by atoms with Crippen LogP contribution in [-0.2, 0) is 9.59 Å². The third-order valence-corrected chi connectivity index (χ3v) is 5.85. The van der Waals surface area contributed by atoms with Crippen molar-refractivity contribution in [3.63, 3.8) is 0 Å². The molecule has 3 fully saturated rings. The Morgan fingerprint density at radius 2 is 1.91 bits per heavy atom. The van der Waals surface area contributed by atoms with Crippen LogP contribution in [0.4, 0.5) is 0 Å². The highest BCUT2D eigenvalue weighted by Crippen LogP contribution is 2.42. The summed E-state index contributed by atoms with van der Waals surface area (Å²) in [5, 5.41) is 9.66. The second kappa shape index (κ2) is 6.19. The molecule has 2 aliphatic heterocycles. The lowest BCUT2D eigenvalue weighted by molar-refractivity contribution is -0.150. The Bertz CT molecular complexity index is 451. The van der Waals surface area contributed by atoms with E-state index in [-0.39, 0.29) is 18.0 Å². The van der Waals surface area contributed by atoms with Gasteiger partial charge in [0, 0.05) is 18.6 Å². The van der Waals surface area contributed by atoms with Crippen LogP contribution < -0.4 is 0 Å². The third-order valence-electron chi connectivity index (χ3n) is 5.85. The summed E-state index contributed by atoms with van der Waals surface area (Å²) in [6, 6.07) is -0.182. The van der Waals surface area contributed by atoms with Crippen LogP contribution in [0.25, 0.3) is 0 Å². The van der Waals surface area contributed by atoms with E-state index in [1.165, 1.54) is 12.8 Å². The first-order valence-corrected chi connectivity index (χ1v) is 8.81. The molecule has 0 radical (unpaired) electrons. The highest BCUT2D eigenvalue weighted by molar-refractivity contribution is 5.84. The highest BCUT2D eigenvalue weighted by Gasteiger charge is 2.50. The number of carboxylic acid groups (broad SMARTS) is 1. The Morgan fingerprint density at radius 3 is 2.59 bits per heavy atom. The number of aliphatic carboxylic acids is 1. The van der Waals surface area contributed by atoms with Crippen molar-refractivity contribution < 1.29 is 14.7 Å². The molecule has 1 aliphatic carbocycles. The fourth-order valence-electron chi connectivity index (χ4n) is 4.84. The molecule has 0 spiro atoms. The van der Waals surface area contributed by atoms with Gasteiger partial charge in [-0.2, -0.15) is 0 Å². The quantitative estimate of drug-likeness (QED) is 0.867. The molecule has 1 N–H and O–H groups in total. The maximum atomic E-state index is 12.9. The van der Waals surface area contributed by atoms with Gasteiger partial charge in [0.05, 0.1) is 6.04 Å². The highest BCUT2D eigenvalue weighted by atomic mass is 16.4. The molecule has 0 unspecified atom stereocenters. The molecule has 5 heteroatoms. The zero-order valence-corrected chi connectivity index (χ0v) is 13.7. The van der Waals surface area contributed by atoms with Crippen LogP contribution in [0.15, 0.2) is 0 Å².